The van der Waals surface area contributed by atoms with Crippen LogP contribution in [0.3, 0.4) is 0 Å². The number of H-pyrrole nitrogens is 1. The summed E-state index contributed by atoms with van der Waals surface area (Å²) in [4.78, 5) is 35.8. The minimum Gasteiger partial charge on any atom is -0.491 e. The fourth-order valence-electron chi connectivity index (χ4n) is 4.42. The van der Waals surface area contributed by atoms with Crippen LogP contribution in [0.5, 0.6) is 5.75 Å². The number of rotatable bonds is 10. The lowest BCUT2D eigenvalue weighted by Crippen LogP contribution is -2.38. The molecule has 4 N–H and O–H groups in total. The van der Waals surface area contributed by atoms with Crippen LogP contribution in [0.25, 0.3) is 11.3 Å². The van der Waals surface area contributed by atoms with E-state index < -0.39 is 42.6 Å². The molecule has 4 rings (SSSR count). The zero-order valence-corrected chi connectivity index (χ0v) is 23.4. The third-order valence-corrected chi connectivity index (χ3v) is 7.34. The van der Waals surface area contributed by atoms with Gasteiger partial charge in [-0.15, -0.1) is 0 Å². The predicted molar refractivity (Wildman–Crippen MR) is 147 cm³/mol. The van der Waals surface area contributed by atoms with Crippen molar-refractivity contribution in [3.05, 3.63) is 68.9 Å². The van der Waals surface area contributed by atoms with Crippen molar-refractivity contribution < 1.29 is 28.9 Å². The van der Waals surface area contributed by atoms with Gasteiger partial charge in [0, 0.05) is 14.8 Å². The van der Waals surface area contributed by atoms with E-state index in [1.165, 1.54) is 11.0 Å². The number of hydrogen-bond donors (Lipinski definition) is 4. The molecule has 0 radical (unpaired) electrons. The van der Waals surface area contributed by atoms with Gasteiger partial charge in [-0.1, -0.05) is 32.4 Å². The number of aromatic amines is 1. The Hall–Kier alpha value is -3.03. The lowest BCUT2D eigenvalue weighted by molar-refractivity contribution is -0.130. The smallest absolute Gasteiger partial charge is 0.325 e. The molecule has 11 heteroatoms. The summed E-state index contributed by atoms with van der Waals surface area (Å²) in [5.41, 5.74) is 1.99. The van der Waals surface area contributed by atoms with Crippen LogP contribution >= 0.6 is 22.6 Å². The van der Waals surface area contributed by atoms with Gasteiger partial charge in [0.2, 0.25) is 0 Å². The Balaban J connectivity index is 1.61. The van der Waals surface area contributed by atoms with Crippen LogP contribution in [0.4, 0.5) is 9.18 Å². The van der Waals surface area contributed by atoms with Crippen LogP contribution in [-0.4, -0.2) is 56.3 Å². The van der Waals surface area contributed by atoms with Crippen molar-refractivity contribution in [2.45, 2.75) is 45.4 Å². The van der Waals surface area contributed by atoms with Gasteiger partial charge in [0.25, 0.3) is 5.91 Å². The molecule has 1 fully saturated rings. The lowest BCUT2D eigenvalue weighted by atomic mass is 9.96. The molecule has 0 saturated carbocycles. The third kappa shape index (κ3) is 5.69. The molecule has 0 bridgehead atoms. The van der Waals surface area contributed by atoms with Crippen molar-refractivity contribution >= 4 is 34.5 Å². The van der Waals surface area contributed by atoms with Gasteiger partial charge in [0.1, 0.15) is 42.2 Å². The van der Waals surface area contributed by atoms with Gasteiger partial charge >= 0.3 is 6.03 Å². The van der Waals surface area contributed by atoms with E-state index in [2.05, 4.69) is 15.3 Å². The zero-order chi connectivity index (χ0) is 27.6. The molecule has 2 aromatic carbocycles. The molecule has 1 saturated heterocycles. The number of urea groups is 1. The fraction of sp³-hybridized carbons (Fsp3) is 0.370. The molecule has 9 nitrogen and oxygen atoms in total. The summed E-state index contributed by atoms with van der Waals surface area (Å²) in [5, 5.41) is 21.2. The van der Waals surface area contributed by atoms with E-state index in [4.69, 9.17) is 9.84 Å². The lowest BCUT2D eigenvalue weighted by Gasteiger charge is -2.28. The zero-order valence-electron chi connectivity index (χ0n) is 21.2. The van der Waals surface area contributed by atoms with Crippen LogP contribution in [-0.2, 0) is 4.79 Å². The molecule has 3 amide bonds. The van der Waals surface area contributed by atoms with Crippen LogP contribution < -0.4 is 10.1 Å². The van der Waals surface area contributed by atoms with Crippen LogP contribution in [0, 0.1) is 22.2 Å². The molecule has 1 aliphatic heterocycles. The number of hydrogen-bond acceptors (Lipinski definition) is 6. The second-order valence-corrected chi connectivity index (χ2v) is 10.6. The first kappa shape index (κ1) is 28.0. The number of aliphatic hydroxyl groups is 2. The topological polar surface area (TPSA) is 128 Å². The number of imide groups is 1. The first-order valence-electron chi connectivity index (χ1n) is 12.3. The highest BCUT2D eigenvalue weighted by Gasteiger charge is 2.46. The molecule has 1 aliphatic rings. The summed E-state index contributed by atoms with van der Waals surface area (Å²) in [7, 11) is 0. The number of halogens is 2. The third-order valence-electron chi connectivity index (χ3n) is 6.67. The van der Waals surface area contributed by atoms with Gasteiger partial charge in [-0.05, 0) is 71.3 Å². The number of aromatic nitrogens is 2. The molecule has 2 heterocycles. The van der Waals surface area contributed by atoms with E-state index in [0.29, 0.717) is 40.5 Å². The maximum Gasteiger partial charge on any atom is 0.325 e. The Morgan fingerprint density at radius 2 is 1.92 bits per heavy atom. The number of aliphatic hydroxyl groups excluding tert-OH is 2. The highest BCUT2D eigenvalue weighted by molar-refractivity contribution is 14.1. The number of aryl methyl sites for hydroxylation is 1. The molecule has 38 heavy (non-hydrogen) atoms. The number of nitrogens with zero attached hydrogens (tertiary/aromatic N) is 2. The molecule has 0 spiro atoms. The quantitative estimate of drug-likeness (QED) is 0.195. The van der Waals surface area contributed by atoms with Crippen molar-refractivity contribution in [2.75, 3.05) is 13.2 Å². The van der Waals surface area contributed by atoms with Gasteiger partial charge in [-0.3, -0.25) is 9.69 Å². The molecular formula is C27H30FIN4O5. The van der Waals surface area contributed by atoms with E-state index in [-0.39, 0.29) is 12.5 Å². The van der Waals surface area contributed by atoms with Gasteiger partial charge in [0.15, 0.2) is 0 Å². The minimum absolute atomic E-state index is 0.0734. The minimum atomic E-state index is -0.996. The van der Waals surface area contributed by atoms with Crippen molar-refractivity contribution in [1.82, 2.24) is 20.2 Å². The second-order valence-electron chi connectivity index (χ2n) is 9.36. The first-order valence-corrected chi connectivity index (χ1v) is 13.4. The summed E-state index contributed by atoms with van der Waals surface area (Å²) >= 11 is 2.04. The monoisotopic (exact) mass is 636 g/mol. The molecular weight excluding hydrogens is 606 g/mol. The number of benzene rings is 2. The average Bonchev–Trinajstić information content (AvgIpc) is 3.42. The number of carbonyl (C=O) groups excluding carboxylic acids is 2. The SMILES string of the molecule is CC[C@H](C)[C@@H](c1nc(-c2ccc(I)cc2F)c(C)[nH]1)N1C(=O)NC(c2ccc(OCC(O)CO)cc2)C1=O. The van der Waals surface area contributed by atoms with Crippen molar-refractivity contribution in [3.63, 3.8) is 0 Å². The standard InChI is InChI=1S/C27H30FIN4O5/c1-4-14(2)24(25-30-15(3)22(31-25)20-10-7-17(29)11-21(20)28)33-26(36)23(32-27(33)37)16-5-8-19(9-6-16)38-13-18(35)12-34/h5-11,14,18,23-24,34-35H,4,12-13H2,1-3H3,(H,30,31)(H,32,37)/t14-,18?,23?,24-/m0/s1. The maximum absolute atomic E-state index is 14.7. The molecule has 1 aromatic heterocycles. The molecule has 2 unspecified atom stereocenters. The molecule has 202 valence electrons. The van der Waals surface area contributed by atoms with E-state index in [9.17, 15) is 19.1 Å². The fourth-order valence-corrected chi connectivity index (χ4v) is 4.87. The summed E-state index contributed by atoms with van der Waals surface area (Å²) in [5.74, 6) is -0.0710. The Morgan fingerprint density at radius 3 is 2.55 bits per heavy atom. The normalized spacial score (nSPS) is 17.9. The predicted octanol–water partition coefficient (Wildman–Crippen LogP) is 4.24. The second kappa shape index (κ2) is 11.8. The Morgan fingerprint density at radius 1 is 1.21 bits per heavy atom. The Kier molecular flexibility index (Phi) is 8.68. The van der Waals surface area contributed by atoms with Crippen LogP contribution in [0.2, 0.25) is 0 Å². The van der Waals surface area contributed by atoms with Gasteiger partial charge in [-0.2, -0.15) is 0 Å². The van der Waals surface area contributed by atoms with Crippen LogP contribution in [0.15, 0.2) is 42.5 Å². The van der Waals surface area contributed by atoms with Crippen molar-refractivity contribution in [1.29, 1.82) is 0 Å². The number of amides is 3. The number of nitrogens with one attached hydrogen (secondary N) is 2. The maximum atomic E-state index is 14.7. The van der Waals surface area contributed by atoms with E-state index in [0.717, 1.165) is 3.57 Å². The van der Waals surface area contributed by atoms with Crippen molar-refractivity contribution in [2.24, 2.45) is 5.92 Å². The molecule has 3 aromatic rings. The average molecular weight is 636 g/mol. The Labute approximate surface area is 233 Å². The number of carbonyl (C=O) groups is 2. The van der Waals surface area contributed by atoms with Crippen LogP contribution in [0.1, 0.15) is 49.4 Å². The van der Waals surface area contributed by atoms with Gasteiger partial charge in [0.05, 0.1) is 12.3 Å². The Bertz CT molecular complexity index is 1320. The largest absolute Gasteiger partial charge is 0.491 e. The highest BCUT2D eigenvalue weighted by Crippen LogP contribution is 2.37. The van der Waals surface area contributed by atoms with Gasteiger partial charge < -0.3 is 25.3 Å². The summed E-state index contributed by atoms with van der Waals surface area (Å²) in [6.45, 7) is 5.21. The first-order chi connectivity index (χ1) is 18.1. The van der Waals surface area contributed by atoms with E-state index >= 15 is 0 Å². The van der Waals surface area contributed by atoms with E-state index in [1.807, 2.05) is 36.4 Å². The van der Waals surface area contributed by atoms with E-state index in [1.54, 1.807) is 43.3 Å². The number of imidazole rings is 1. The molecule has 0 aliphatic carbocycles. The van der Waals surface area contributed by atoms with Crippen molar-refractivity contribution in [3.8, 4) is 17.0 Å². The summed E-state index contributed by atoms with van der Waals surface area (Å²) < 4.78 is 20.9. The summed E-state index contributed by atoms with van der Waals surface area (Å²) in [6, 6.07) is 9.39. The summed E-state index contributed by atoms with van der Waals surface area (Å²) in [6.07, 6.45) is -0.324. The van der Waals surface area contributed by atoms with Gasteiger partial charge in [-0.25, -0.2) is 14.2 Å². The number of ether oxygens (including phenoxy) is 1. The molecule has 4 atom stereocenters. The highest BCUT2D eigenvalue weighted by atomic mass is 127.